The standard InChI is InChI=1S/C17H21F2NO4/c1-10-5-6-14(24-17(18)19)13(7-10)9-20-15(21)11-3-2-4-12(8-11)16(22)23/h5-7,11-12,17H,2-4,8-9H2,1H3,(H,20,21)(H,22,23). The topological polar surface area (TPSA) is 75.6 Å². The van der Waals surface area contributed by atoms with Gasteiger partial charge in [0, 0.05) is 18.0 Å². The van der Waals surface area contributed by atoms with E-state index in [1.807, 2.05) is 6.92 Å². The average molecular weight is 341 g/mol. The predicted molar refractivity (Wildman–Crippen MR) is 82.7 cm³/mol. The Balaban J connectivity index is 1.98. The van der Waals surface area contributed by atoms with Crippen molar-refractivity contribution in [3.05, 3.63) is 29.3 Å². The summed E-state index contributed by atoms with van der Waals surface area (Å²) >= 11 is 0. The molecule has 0 radical (unpaired) electrons. The Labute approximate surface area is 139 Å². The summed E-state index contributed by atoms with van der Waals surface area (Å²) in [7, 11) is 0. The van der Waals surface area contributed by atoms with Crippen molar-refractivity contribution in [3.63, 3.8) is 0 Å². The van der Waals surface area contributed by atoms with Crippen LogP contribution in [0.4, 0.5) is 8.78 Å². The lowest BCUT2D eigenvalue weighted by Crippen LogP contribution is -2.35. The summed E-state index contributed by atoms with van der Waals surface area (Å²) in [6, 6.07) is 4.78. The maximum atomic E-state index is 12.4. The first kappa shape index (κ1) is 18.2. The molecule has 0 bridgehead atoms. The van der Waals surface area contributed by atoms with Crippen molar-refractivity contribution in [2.75, 3.05) is 0 Å². The number of carbonyl (C=O) groups excluding carboxylic acids is 1. The first-order chi connectivity index (χ1) is 11.4. The number of alkyl halides is 2. The van der Waals surface area contributed by atoms with E-state index in [0.717, 1.165) is 5.56 Å². The molecule has 2 rings (SSSR count). The molecule has 1 saturated carbocycles. The van der Waals surface area contributed by atoms with Gasteiger partial charge in [-0.3, -0.25) is 9.59 Å². The molecule has 0 heterocycles. The number of benzene rings is 1. The fourth-order valence-electron chi connectivity index (χ4n) is 3.04. The van der Waals surface area contributed by atoms with Crippen LogP contribution in [-0.2, 0) is 16.1 Å². The minimum atomic E-state index is -2.93. The quantitative estimate of drug-likeness (QED) is 0.834. The van der Waals surface area contributed by atoms with E-state index < -0.39 is 18.5 Å². The number of aliphatic carboxylic acids is 1. The molecule has 0 spiro atoms. The van der Waals surface area contributed by atoms with Crippen LogP contribution in [0.15, 0.2) is 18.2 Å². The zero-order valence-electron chi connectivity index (χ0n) is 13.4. The minimum absolute atomic E-state index is 0.0305. The highest BCUT2D eigenvalue weighted by molar-refractivity contribution is 5.80. The summed E-state index contributed by atoms with van der Waals surface area (Å²) in [6.07, 6.45) is 2.24. The van der Waals surface area contributed by atoms with E-state index in [1.165, 1.54) is 6.07 Å². The lowest BCUT2D eigenvalue weighted by molar-refractivity contribution is -0.144. The highest BCUT2D eigenvalue weighted by atomic mass is 19.3. The number of hydrogen-bond donors (Lipinski definition) is 2. The zero-order chi connectivity index (χ0) is 17.7. The van der Waals surface area contributed by atoms with Crippen molar-refractivity contribution in [2.24, 2.45) is 11.8 Å². The molecule has 2 unspecified atom stereocenters. The molecule has 2 atom stereocenters. The van der Waals surface area contributed by atoms with Gasteiger partial charge in [-0.1, -0.05) is 24.1 Å². The van der Waals surface area contributed by atoms with Gasteiger partial charge in [0.15, 0.2) is 0 Å². The fourth-order valence-corrected chi connectivity index (χ4v) is 3.04. The molecule has 2 N–H and O–H groups in total. The lowest BCUT2D eigenvalue weighted by Gasteiger charge is -2.25. The molecular formula is C17H21F2NO4. The Morgan fingerprint density at radius 1 is 1.33 bits per heavy atom. The van der Waals surface area contributed by atoms with E-state index in [9.17, 15) is 18.4 Å². The van der Waals surface area contributed by atoms with Gasteiger partial charge in [-0.15, -0.1) is 0 Å². The van der Waals surface area contributed by atoms with Crippen molar-refractivity contribution in [3.8, 4) is 5.75 Å². The Bertz CT molecular complexity index is 606. The molecule has 1 aromatic carbocycles. The molecule has 24 heavy (non-hydrogen) atoms. The number of hydrogen-bond acceptors (Lipinski definition) is 3. The van der Waals surface area contributed by atoms with Crippen LogP contribution in [0.25, 0.3) is 0 Å². The van der Waals surface area contributed by atoms with Crippen LogP contribution in [-0.4, -0.2) is 23.6 Å². The average Bonchev–Trinajstić information content (AvgIpc) is 2.54. The van der Waals surface area contributed by atoms with Crippen LogP contribution in [0.1, 0.15) is 36.8 Å². The zero-order valence-corrected chi connectivity index (χ0v) is 13.4. The SMILES string of the molecule is Cc1ccc(OC(F)F)c(CNC(=O)C2CCCC(C(=O)O)C2)c1. The van der Waals surface area contributed by atoms with Gasteiger partial charge in [0.05, 0.1) is 5.92 Å². The number of carboxylic acid groups (broad SMARTS) is 1. The first-order valence-corrected chi connectivity index (χ1v) is 7.91. The normalized spacial score (nSPS) is 20.7. The third-order valence-corrected chi connectivity index (χ3v) is 4.28. The Kier molecular flexibility index (Phi) is 6.11. The molecular weight excluding hydrogens is 320 g/mol. The summed E-state index contributed by atoms with van der Waals surface area (Å²) in [5.41, 5.74) is 1.33. The van der Waals surface area contributed by atoms with Gasteiger partial charge in [-0.2, -0.15) is 8.78 Å². The second-order valence-electron chi connectivity index (χ2n) is 6.11. The number of rotatable bonds is 6. The van der Waals surface area contributed by atoms with Crippen LogP contribution in [0.3, 0.4) is 0 Å². The lowest BCUT2D eigenvalue weighted by atomic mass is 9.81. The maximum absolute atomic E-state index is 12.4. The summed E-state index contributed by atoms with van der Waals surface area (Å²) in [6.45, 7) is -1.05. The van der Waals surface area contributed by atoms with Gasteiger partial charge in [0.25, 0.3) is 0 Å². The molecule has 7 heteroatoms. The molecule has 1 fully saturated rings. The van der Waals surface area contributed by atoms with Crippen molar-refractivity contribution >= 4 is 11.9 Å². The van der Waals surface area contributed by atoms with Crippen molar-refractivity contribution in [2.45, 2.75) is 45.8 Å². The number of carboxylic acids is 1. The highest BCUT2D eigenvalue weighted by Crippen LogP contribution is 2.29. The molecule has 1 aromatic rings. The predicted octanol–water partition coefficient (Wildman–Crippen LogP) is 3.10. The molecule has 1 amide bonds. The van der Waals surface area contributed by atoms with Gasteiger partial charge in [0.1, 0.15) is 5.75 Å². The molecule has 0 saturated heterocycles. The third-order valence-electron chi connectivity index (χ3n) is 4.28. The van der Waals surface area contributed by atoms with Gasteiger partial charge < -0.3 is 15.2 Å². The monoisotopic (exact) mass is 341 g/mol. The van der Waals surface area contributed by atoms with Crippen LogP contribution in [0.5, 0.6) is 5.75 Å². The van der Waals surface area contributed by atoms with Crippen molar-refractivity contribution < 1.29 is 28.2 Å². The summed E-state index contributed by atoms with van der Waals surface area (Å²) in [5, 5.41) is 11.8. The van der Waals surface area contributed by atoms with E-state index in [1.54, 1.807) is 12.1 Å². The number of halogens is 2. The smallest absolute Gasteiger partial charge is 0.387 e. The minimum Gasteiger partial charge on any atom is -0.481 e. The summed E-state index contributed by atoms with van der Waals surface area (Å²) in [5.74, 6) is -1.94. The van der Waals surface area contributed by atoms with E-state index in [2.05, 4.69) is 10.1 Å². The van der Waals surface area contributed by atoms with Gasteiger partial charge in [-0.25, -0.2) is 0 Å². The van der Waals surface area contributed by atoms with Crippen LogP contribution >= 0.6 is 0 Å². The van der Waals surface area contributed by atoms with Crippen LogP contribution in [0.2, 0.25) is 0 Å². The molecule has 0 aromatic heterocycles. The Morgan fingerprint density at radius 2 is 2.04 bits per heavy atom. The fraction of sp³-hybridized carbons (Fsp3) is 0.529. The Morgan fingerprint density at radius 3 is 2.71 bits per heavy atom. The second kappa shape index (κ2) is 8.08. The van der Waals surface area contributed by atoms with Crippen LogP contribution < -0.4 is 10.1 Å². The highest BCUT2D eigenvalue weighted by Gasteiger charge is 2.30. The number of ether oxygens (including phenoxy) is 1. The second-order valence-corrected chi connectivity index (χ2v) is 6.11. The number of aryl methyl sites for hydroxylation is 1. The first-order valence-electron chi connectivity index (χ1n) is 7.91. The van der Waals surface area contributed by atoms with Gasteiger partial charge >= 0.3 is 12.6 Å². The largest absolute Gasteiger partial charge is 0.481 e. The summed E-state index contributed by atoms with van der Waals surface area (Å²) < 4.78 is 29.4. The number of carbonyl (C=O) groups is 2. The molecule has 0 aliphatic heterocycles. The Hall–Kier alpha value is -2.18. The molecule has 132 valence electrons. The summed E-state index contributed by atoms with van der Waals surface area (Å²) in [4.78, 5) is 23.3. The van der Waals surface area contributed by atoms with E-state index in [4.69, 9.17) is 5.11 Å². The van der Waals surface area contributed by atoms with Crippen molar-refractivity contribution in [1.82, 2.24) is 5.32 Å². The number of amides is 1. The van der Waals surface area contributed by atoms with E-state index in [0.29, 0.717) is 31.2 Å². The molecule has 5 nitrogen and oxygen atoms in total. The van der Waals surface area contributed by atoms with Crippen LogP contribution in [0, 0.1) is 18.8 Å². The van der Waals surface area contributed by atoms with E-state index >= 15 is 0 Å². The van der Waals surface area contributed by atoms with E-state index in [-0.39, 0.29) is 24.1 Å². The van der Waals surface area contributed by atoms with Gasteiger partial charge in [-0.05, 0) is 32.3 Å². The third kappa shape index (κ3) is 4.91. The van der Waals surface area contributed by atoms with Crippen molar-refractivity contribution in [1.29, 1.82) is 0 Å². The number of nitrogens with one attached hydrogen (secondary N) is 1. The van der Waals surface area contributed by atoms with Gasteiger partial charge in [0.2, 0.25) is 5.91 Å². The molecule has 1 aliphatic carbocycles. The maximum Gasteiger partial charge on any atom is 0.387 e. The molecule has 1 aliphatic rings.